The van der Waals surface area contributed by atoms with Gasteiger partial charge in [-0.3, -0.25) is 4.68 Å². The van der Waals surface area contributed by atoms with E-state index >= 15 is 0 Å². The van der Waals surface area contributed by atoms with Crippen molar-refractivity contribution in [3.05, 3.63) is 46.8 Å². The van der Waals surface area contributed by atoms with Gasteiger partial charge in [-0.15, -0.1) is 0 Å². The molecule has 3 rings (SSSR count). The highest BCUT2D eigenvalue weighted by Gasteiger charge is 2.31. The van der Waals surface area contributed by atoms with Crippen LogP contribution in [0.1, 0.15) is 34.6 Å². The normalized spacial score (nSPS) is 21.9. The second kappa shape index (κ2) is 4.38. The molecule has 0 bridgehead atoms. The number of ether oxygens (including phenoxy) is 1. The van der Waals surface area contributed by atoms with Crippen molar-refractivity contribution in [2.24, 2.45) is 5.73 Å². The fourth-order valence-electron chi connectivity index (χ4n) is 2.66. The van der Waals surface area contributed by atoms with Crippen LogP contribution in [-0.2, 0) is 0 Å². The minimum absolute atomic E-state index is 0.0577. The third-order valence-corrected chi connectivity index (χ3v) is 4.10. The summed E-state index contributed by atoms with van der Waals surface area (Å²) in [5.74, 6) is 0.893. The first-order valence-electron chi connectivity index (χ1n) is 6.59. The maximum Gasteiger partial charge on any atom is 0.124 e. The number of aromatic nitrogens is 2. The lowest BCUT2D eigenvalue weighted by Gasteiger charge is -2.32. The molecule has 0 saturated heterocycles. The van der Waals surface area contributed by atoms with Gasteiger partial charge in [-0.1, -0.05) is 18.2 Å². The van der Waals surface area contributed by atoms with Crippen molar-refractivity contribution in [3.63, 3.8) is 0 Å². The number of nitrogens with zero attached hydrogens (tertiary/aromatic N) is 2. The van der Waals surface area contributed by atoms with Gasteiger partial charge < -0.3 is 10.5 Å². The van der Waals surface area contributed by atoms with Crippen LogP contribution >= 0.6 is 0 Å². The third kappa shape index (κ3) is 1.83. The summed E-state index contributed by atoms with van der Waals surface area (Å²) >= 11 is 0. The molecule has 1 aromatic heterocycles. The van der Waals surface area contributed by atoms with Gasteiger partial charge in [-0.25, -0.2) is 0 Å². The topological polar surface area (TPSA) is 53.1 Å². The Morgan fingerprint density at radius 2 is 2.00 bits per heavy atom. The first-order chi connectivity index (χ1) is 9.09. The zero-order valence-corrected chi connectivity index (χ0v) is 11.6. The van der Waals surface area contributed by atoms with Crippen LogP contribution in [0.15, 0.2) is 24.3 Å². The van der Waals surface area contributed by atoms with Gasteiger partial charge in [0, 0.05) is 11.3 Å². The molecule has 2 unspecified atom stereocenters. The van der Waals surface area contributed by atoms with E-state index in [9.17, 15) is 0 Å². The molecular weight excluding hydrogens is 238 g/mol. The van der Waals surface area contributed by atoms with E-state index in [-0.39, 0.29) is 12.1 Å². The number of para-hydroxylation sites is 1. The monoisotopic (exact) mass is 257 g/mol. The molecule has 0 saturated carbocycles. The Balaban J connectivity index is 2.02. The van der Waals surface area contributed by atoms with Crippen molar-refractivity contribution in [1.82, 2.24) is 9.78 Å². The van der Waals surface area contributed by atoms with E-state index in [1.165, 1.54) is 11.3 Å². The van der Waals surface area contributed by atoms with Crippen LogP contribution in [0.5, 0.6) is 5.75 Å². The van der Waals surface area contributed by atoms with Gasteiger partial charge in [0.2, 0.25) is 0 Å². The molecule has 2 N–H and O–H groups in total. The number of hydrogen-bond donors (Lipinski definition) is 1. The summed E-state index contributed by atoms with van der Waals surface area (Å²) in [5, 5.41) is 4.61. The molecule has 1 aliphatic heterocycles. The lowest BCUT2D eigenvalue weighted by Crippen LogP contribution is -2.34. The van der Waals surface area contributed by atoms with E-state index in [2.05, 4.69) is 18.9 Å². The van der Waals surface area contributed by atoms with E-state index in [1.807, 2.05) is 35.9 Å². The summed E-state index contributed by atoms with van der Waals surface area (Å²) in [6, 6.07) is 7.95. The number of fused-ring (bicyclic) bond motifs is 1. The molecule has 19 heavy (non-hydrogen) atoms. The molecule has 2 atom stereocenters. The molecule has 1 aromatic carbocycles. The zero-order valence-electron chi connectivity index (χ0n) is 11.6. The number of nitrogens with two attached hydrogens (primary N) is 1. The fraction of sp³-hybridized carbons (Fsp3) is 0.400. The van der Waals surface area contributed by atoms with Gasteiger partial charge in [0.15, 0.2) is 0 Å². The molecule has 100 valence electrons. The quantitative estimate of drug-likeness (QED) is 0.853. The van der Waals surface area contributed by atoms with Crippen molar-refractivity contribution in [3.8, 4) is 5.75 Å². The van der Waals surface area contributed by atoms with Crippen molar-refractivity contribution in [2.75, 3.05) is 6.61 Å². The molecule has 0 aliphatic carbocycles. The summed E-state index contributed by atoms with van der Waals surface area (Å²) in [6.07, 6.45) is 0. The molecule has 0 fully saturated rings. The molecule has 0 spiro atoms. The maximum absolute atomic E-state index is 6.41. The Morgan fingerprint density at radius 1 is 1.26 bits per heavy atom. The first kappa shape index (κ1) is 12.2. The lowest BCUT2D eigenvalue weighted by atomic mass is 9.97. The summed E-state index contributed by atoms with van der Waals surface area (Å²) in [4.78, 5) is 0. The fourth-order valence-corrected chi connectivity index (χ4v) is 2.66. The van der Waals surface area contributed by atoms with Crippen LogP contribution in [0, 0.1) is 20.8 Å². The largest absolute Gasteiger partial charge is 0.491 e. The van der Waals surface area contributed by atoms with Gasteiger partial charge in [0.1, 0.15) is 18.4 Å². The molecule has 2 aromatic rings. The molecule has 4 nitrogen and oxygen atoms in total. The first-order valence-corrected chi connectivity index (χ1v) is 6.59. The number of hydrogen-bond acceptors (Lipinski definition) is 3. The summed E-state index contributed by atoms with van der Waals surface area (Å²) in [7, 11) is 0. The Hall–Kier alpha value is -1.81. The third-order valence-electron chi connectivity index (χ3n) is 4.10. The molecule has 0 radical (unpaired) electrons. The molecular formula is C15H19N3O. The van der Waals surface area contributed by atoms with E-state index in [4.69, 9.17) is 10.5 Å². The van der Waals surface area contributed by atoms with Crippen LogP contribution in [0.2, 0.25) is 0 Å². The summed E-state index contributed by atoms with van der Waals surface area (Å²) < 4.78 is 7.84. The second-order valence-corrected chi connectivity index (χ2v) is 5.18. The minimum atomic E-state index is -0.0812. The van der Waals surface area contributed by atoms with Gasteiger partial charge in [-0.2, -0.15) is 5.10 Å². The van der Waals surface area contributed by atoms with Crippen molar-refractivity contribution < 1.29 is 4.74 Å². The highest BCUT2D eigenvalue weighted by Crippen LogP contribution is 2.36. The van der Waals surface area contributed by atoms with Gasteiger partial charge in [-0.05, 0) is 32.4 Å². The highest BCUT2D eigenvalue weighted by molar-refractivity contribution is 5.38. The number of benzene rings is 1. The van der Waals surface area contributed by atoms with Crippen molar-refractivity contribution in [2.45, 2.75) is 32.9 Å². The predicted molar refractivity (Wildman–Crippen MR) is 74.3 cm³/mol. The van der Waals surface area contributed by atoms with Crippen LogP contribution in [0.25, 0.3) is 0 Å². The molecule has 0 amide bonds. The predicted octanol–water partition coefficient (Wildman–Crippen LogP) is 2.44. The van der Waals surface area contributed by atoms with Crippen LogP contribution in [0.3, 0.4) is 0 Å². The average molecular weight is 257 g/mol. The van der Waals surface area contributed by atoms with Gasteiger partial charge in [0.25, 0.3) is 0 Å². The number of rotatable bonds is 1. The Labute approximate surface area is 113 Å². The molecule has 2 heterocycles. The van der Waals surface area contributed by atoms with Crippen LogP contribution < -0.4 is 10.5 Å². The van der Waals surface area contributed by atoms with E-state index in [0.717, 1.165) is 17.0 Å². The summed E-state index contributed by atoms with van der Waals surface area (Å²) in [6.45, 7) is 6.78. The Morgan fingerprint density at radius 3 is 2.68 bits per heavy atom. The summed E-state index contributed by atoms with van der Waals surface area (Å²) in [5.41, 5.74) is 10.9. The average Bonchev–Trinajstić information content (AvgIpc) is 2.67. The van der Waals surface area contributed by atoms with Crippen LogP contribution in [-0.4, -0.2) is 16.4 Å². The number of aryl methyl sites for hydroxylation is 1. The smallest absolute Gasteiger partial charge is 0.124 e. The maximum atomic E-state index is 6.41. The zero-order chi connectivity index (χ0) is 13.6. The molecule has 1 aliphatic rings. The standard InChI is InChI=1S/C15H19N3O/c1-9-10(2)17-18(11(9)3)13-8-19-14-7-5-4-6-12(14)15(13)16/h4-7,13,15H,8,16H2,1-3H3. The molecule has 4 heteroatoms. The highest BCUT2D eigenvalue weighted by atomic mass is 16.5. The SMILES string of the molecule is Cc1nn(C2COc3ccccc3C2N)c(C)c1C. The van der Waals surface area contributed by atoms with E-state index in [1.54, 1.807) is 0 Å². The van der Waals surface area contributed by atoms with Crippen molar-refractivity contribution in [1.29, 1.82) is 0 Å². The van der Waals surface area contributed by atoms with E-state index < -0.39 is 0 Å². The lowest BCUT2D eigenvalue weighted by molar-refractivity contribution is 0.185. The van der Waals surface area contributed by atoms with Crippen molar-refractivity contribution >= 4 is 0 Å². The van der Waals surface area contributed by atoms with Crippen LogP contribution in [0.4, 0.5) is 0 Å². The van der Waals surface area contributed by atoms with E-state index in [0.29, 0.717) is 6.61 Å². The van der Waals surface area contributed by atoms with Gasteiger partial charge >= 0.3 is 0 Å². The minimum Gasteiger partial charge on any atom is -0.491 e. The Kier molecular flexibility index (Phi) is 2.82. The second-order valence-electron chi connectivity index (χ2n) is 5.18. The van der Waals surface area contributed by atoms with Gasteiger partial charge in [0.05, 0.1) is 11.7 Å². The Bertz CT molecular complexity index is 618.